The molecule has 3 heterocycles. The molecule has 0 saturated carbocycles. The fourth-order valence-corrected chi connectivity index (χ4v) is 3.95. The van der Waals surface area contributed by atoms with E-state index in [1.165, 1.54) is 7.11 Å². The Kier molecular flexibility index (Phi) is 6.74. The van der Waals surface area contributed by atoms with Gasteiger partial charge in [-0.1, -0.05) is 13.8 Å². The van der Waals surface area contributed by atoms with Crippen molar-refractivity contribution in [3.05, 3.63) is 29.6 Å². The highest BCUT2D eigenvalue weighted by Gasteiger charge is 2.36. The molecular formula is C24H34N4O4. The summed E-state index contributed by atoms with van der Waals surface area (Å²) in [5.74, 6) is -0.629. The molecule has 1 aliphatic rings. The maximum Gasteiger partial charge on any atom is 0.337 e. The minimum atomic E-state index is -1.15. The van der Waals surface area contributed by atoms with E-state index in [1.54, 1.807) is 12.3 Å². The third-order valence-electron chi connectivity index (χ3n) is 5.80. The number of carboxylic acids is 1. The van der Waals surface area contributed by atoms with Crippen molar-refractivity contribution in [3.63, 3.8) is 0 Å². The number of anilines is 1. The van der Waals surface area contributed by atoms with Crippen LogP contribution in [0.3, 0.4) is 0 Å². The number of carboxylic acid groups (broad SMARTS) is 1. The molecule has 0 aliphatic carbocycles. The second-order valence-electron chi connectivity index (χ2n) is 10.1. The molecule has 32 heavy (non-hydrogen) atoms. The van der Waals surface area contributed by atoms with Gasteiger partial charge in [-0.05, 0) is 52.0 Å². The number of aliphatic carboxylic acids is 1. The first-order valence-electron chi connectivity index (χ1n) is 10.9. The van der Waals surface area contributed by atoms with Crippen molar-refractivity contribution >= 4 is 11.7 Å². The number of carbonyl (C=O) groups is 1. The van der Waals surface area contributed by atoms with Crippen LogP contribution in [0.1, 0.15) is 64.8 Å². The van der Waals surface area contributed by atoms with E-state index in [1.807, 2.05) is 33.8 Å². The Morgan fingerprint density at radius 1 is 1.19 bits per heavy atom. The monoisotopic (exact) mass is 442 g/mol. The fourth-order valence-electron chi connectivity index (χ4n) is 3.95. The number of methoxy groups -OCH3 is 1. The van der Waals surface area contributed by atoms with Crippen molar-refractivity contribution in [2.45, 2.75) is 66.1 Å². The molecule has 1 unspecified atom stereocenters. The molecule has 174 valence electrons. The summed E-state index contributed by atoms with van der Waals surface area (Å²) in [6.07, 6.45) is 2.60. The van der Waals surface area contributed by atoms with Crippen LogP contribution >= 0.6 is 0 Å². The lowest BCUT2D eigenvalue weighted by atomic mass is 9.82. The van der Waals surface area contributed by atoms with E-state index >= 15 is 0 Å². The van der Waals surface area contributed by atoms with Crippen LogP contribution in [-0.2, 0) is 9.53 Å². The Morgan fingerprint density at radius 3 is 2.34 bits per heavy atom. The van der Waals surface area contributed by atoms with Gasteiger partial charge in [-0.3, -0.25) is 4.98 Å². The van der Waals surface area contributed by atoms with E-state index in [0.717, 1.165) is 37.2 Å². The standard InChI is InChI=1S/C24H34N4O4/c1-15-19(21(22(29)30)32-23(2,3)4)20(28-12-10-24(5,6)11-13-28)16(14-25-15)17-8-9-18(31-7)27-26-17/h8-9,14,21H,10-13H2,1-7H3,(H,29,30). The first kappa shape index (κ1) is 23.9. The smallest absolute Gasteiger partial charge is 0.337 e. The Labute approximate surface area is 190 Å². The lowest BCUT2D eigenvalue weighted by molar-refractivity contribution is -0.160. The second kappa shape index (κ2) is 9.02. The van der Waals surface area contributed by atoms with Gasteiger partial charge in [-0.2, -0.15) is 0 Å². The van der Waals surface area contributed by atoms with Crippen molar-refractivity contribution in [3.8, 4) is 17.1 Å². The molecule has 0 spiro atoms. The van der Waals surface area contributed by atoms with Crippen LogP contribution in [0.25, 0.3) is 11.3 Å². The molecule has 8 heteroatoms. The summed E-state index contributed by atoms with van der Waals surface area (Å²) in [5.41, 5.74) is 2.96. The SMILES string of the molecule is COc1ccc(-c2cnc(C)c(C(OC(C)(C)C)C(=O)O)c2N2CCC(C)(C)CC2)nn1. The number of aromatic nitrogens is 3. The van der Waals surface area contributed by atoms with Crippen LogP contribution in [-0.4, -0.2) is 52.1 Å². The molecule has 0 bridgehead atoms. The largest absolute Gasteiger partial charge is 0.480 e. The quantitative estimate of drug-likeness (QED) is 0.702. The average molecular weight is 443 g/mol. The molecule has 0 amide bonds. The highest BCUT2D eigenvalue weighted by molar-refractivity contribution is 5.85. The Hall–Kier alpha value is -2.74. The zero-order chi connectivity index (χ0) is 23.7. The summed E-state index contributed by atoms with van der Waals surface area (Å²) in [6.45, 7) is 13.5. The van der Waals surface area contributed by atoms with E-state index in [0.29, 0.717) is 22.8 Å². The number of rotatable bonds is 6. The lowest BCUT2D eigenvalue weighted by Crippen LogP contribution is -2.39. The van der Waals surface area contributed by atoms with Crippen LogP contribution in [0.2, 0.25) is 0 Å². The number of ether oxygens (including phenoxy) is 2. The van der Waals surface area contributed by atoms with Crippen molar-refractivity contribution in [1.29, 1.82) is 0 Å². The summed E-state index contributed by atoms with van der Waals surface area (Å²) in [4.78, 5) is 19.2. The van der Waals surface area contributed by atoms with Gasteiger partial charge in [0.15, 0.2) is 6.10 Å². The normalized spacial score (nSPS) is 17.2. The zero-order valence-electron chi connectivity index (χ0n) is 20.1. The summed E-state index contributed by atoms with van der Waals surface area (Å²) >= 11 is 0. The Balaban J connectivity index is 2.21. The third kappa shape index (κ3) is 5.35. The van der Waals surface area contributed by atoms with Crippen molar-refractivity contribution < 1.29 is 19.4 Å². The van der Waals surface area contributed by atoms with Crippen LogP contribution < -0.4 is 9.64 Å². The highest BCUT2D eigenvalue weighted by atomic mass is 16.5. The maximum atomic E-state index is 12.4. The number of nitrogens with zero attached hydrogens (tertiary/aromatic N) is 4. The van der Waals surface area contributed by atoms with Gasteiger partial charge in [-0.15, -0.1) is 10.2 Å². The highest BCUT2D eigenvalue weighted by Crippen LogP contribution is 2.42. The molecule has 1 atom stereocenters. The summed E-state index contributed by atoms with van der Waals surface area (Å²) in [6, 6.07) is 3.56. The third-order valence-corrected chi connectivity index (χ3v) is 5.80. The predicted molar refractivity (Wildman–Crippen MR) is 123 cm³/mol. The molecule has 3 rings (SSSR count). The molecule has 8 nitrogen and oxygen atoms in total. The molecular weight excluding hydrogens is 408 g/mol. The molecule has 1 saturated heterocycles. The first-order chi connectivity index (χ1) is 14.9. The molecule has 1 fully saturated rings. The first-order valence-corrected chi connectivity index (χ1v) is 10.9. The van der Waals surface area contributed by atoms with Crippen molar-refractivity contribution in [2.24, 2.45) is 5.41 Å². The number of hydrogen-bond acceptors (Lipinski definition) is 7. The maximum absolute atomic E-state index is 12.4. The van der Waals surface area contributed by atoms with Gasteiger partial charge in [0.25, 0.3) is 0 Å². The minimum Gasteiger partial charge on any atom is -0.480 e. The van der Waals surface area contributed by atoms with Gasteiger partial charge >= 0.3 is 5.97 Å². The van der Waals surface area contributed by atoms with Crippen LogP contribution in [0, 0.1) is 12.3 Å². The van der Waals surface area contributed by atoms with Gasteiger partial charge in [0, 0.05) is 42.2 Å². The summed E-state index contributed by atoms with van der Waals surface area (Å²) < 4.78 is 11.2. The molecule has 1 aliphatic heterocycles. The molecule has 1 N–H and O–H groups in total. The Bertz CT molecular complexity index is 957. The predicted octanol–water partition coefficient (Wildman–Crippen LogP) is 4.42. The van der Waals surface area contributed by atoms with E-state index in [2.05, 4.69) is 33.9 Å². The second-order valence-corrected chi connectivity index (χ2v) is 10.1. The molecule has 0 radical (unpaired) electrons. The number of pyridine rings is 1. The Morgan fingerprint density at radius 2 is 1.84 bits per heavy atom. The summed E-state index contributed by atoms with van der Waals surface area (Å²) in [7, 11) is 1.54. The van der Waals surface area contributed by atoms with Crippen LogP contribution in [0.5, 0.6) is 5.88 Å². The van der Waals surface area contributed by atoms with Gasteiger partial charge < -0.3 is 19.5 Å². The number of piperidine rings is 1. The number of hydrogen-bond donors (Lipinski definition) is 1. The van der Waals surface area contributed by atoms with Crippen molar-refractivity contribution in [2.75, 3.05) is 25.1 Å². The van der Waals surface area contributed by atoms with E-state index in [-0.39, 0.29) is 5.41 Å². The van der Waals surface area contributed by atoms with Gasteiger partial charge in [0.1, 0.15) is 0 Å². The van der Waals surface area contributed by atoms with E-state index in [4.69, 9.17) is 9.47 Å². The number of aryl methyl sites for hydroxylation is 1. The van der Waals surface area contributed by atoms with Crippen LogP contribution in [0.4, 0.5) is 5.69 Å². The van der Waals surface area contributed by atoms with E-state index < -0.39 is 17.7 Å². The molecule has 2 aromatic heterocycles. The molecule has 0 aromatic carbocycles. The van der Waals surface area contributed by atoms with Gasteiger partial charge in [0.05, 0.1) is 24.1 Å². The summed E-state index contributed by atoms with van der Waals surface area (Å²) in [5, 5.41) is 18.6. The van der Waals surface area contributed by atoms with Crippen LogP contribution in [0.15, 0.2) is 18.3 Å². The minimum absolute atomic E-state index is 0.243. The molecule has 2 aromatic rings. The fraction of sp³-hybridized carbons (Fsp3) is 0.583. The average Bonchev–Trinajstić information content (AvgIpc) is 2.71. The lowest BCUT2D eigenvalue weighted by Gasteiger charge is -2.40. The van der Waals surface area contributed by atoms with Crippen molar-refractivity contribution in [1.82, 2.24) is 15.2 Å². The van der Waals surface area contributed by atoms with Gasteiger partial charge in [0.2, 0.25) is 5.88 Å². The zero-order valence-corrected chi connectivity index (χ0v) is 20.1. The van der Waals surface area contributed by atoms with Gasteiger partial charge in [-0.25, -0.2) is 4.79 Å². The topological polar surface area (TPSA) is 97.7 Å². The van der Waals surface area contributed by atoms with E-state index in [9.17, 15) is 9.90 Å².